The molecule has 92 valence electrons. The molecular weight excluding hydrogens is 270 g/mol. The van der Waals surface area contributed by atoms with Crippen LogP contribution in [-0.2, 0) is 0 Å². The van der Waals surface area contributed by atoms with Crippen molar-refractivity contribution in [3.63, 3.8) is 0 Å². The van der Waals surface area contributed by atoms with Gasteiger partial charge in [0.2, 0.25) is 0 Å². The largest absolute Gasteiger partial charge is 0.544 e. The highest BCUT2D eigenvalue weighted by Gasteiger charge is 2.25. The van der Waals surface area contributed by atoms with Crippen molar-refractivity contribution >= 4 is 45.1 Å². The van der Waals surface area contributed by atoms with Crippen LogP contribution >= 0.6 is 22.9 Å². The van der Waals surface area contributed by atoms with Crippen LogP contribution in [-0.4, -0.2) is 17.9 Å². The van der Waals surface area contributed by atoms with Gasteiger partial charge in [-0.25, -0.2) is 0 Å². The van der Waals surface area contributed by atoms with E-state index in [1.54, 1.807) is 4.90 Å². The molecule has 1 aliphatic rings. The van der Waals surface area contributed by atoms with Crippen LogP contribution in [0.3, 0.4) is 0 Å². The second-order valence-corrected chi connectivity index (χ2v) is 5.64. The molecule has 0 N–H and O–H groups in total. The van der Waals surface area contributed by atoms with E-state index < -0.39 is 11.5 Å². The van der Waals surface area contributed by atoms with Crippen LogP contribution in [0.1, 0.15) is 26.3 Å². The van der Waals surface area contributed by atoms with Crippen molar-refractivity contribution in [1.29, 1.82) is 0 Å². The average Bonchev–Trinajstić information content (AvgIpc) is 2.69. The van der Waals surface area contributed by atoms with Gasteiger partial charge in [0, 0.05) is 28.9 Å². The third-order valence-corrected chi connectivity index (χ3v) is 4.73. The van der Waals surface area contributed by atoms with Gasteiger partial charge >= 0.3 is 0 Å². The molecular formula is C13H9ClNO2S-. The molecule has 0 bridgehead atoms. The van der Waals surface area contributed by atoms with Crippen molar-refractivity contribution in [3.8, 4) is 0 Å². The minimum absolute atomic E-state index is 0.216. The van der Waals surface area contributed by atoms with Crippen LogP contribution < -0.4 is 5.11 Å². The first-order valence-electron chi connectivity index (χ1n) is 5.40. The Balaban J connectivity index is 2.45. The number of carbonyl (C=O) groups is 1. The summed E-state index contributed by atoms with van der Waals surface area (Å²) in [5.74, 6) is -1.17. The lowest BCUT2D eigenvalue weighted by Gasteiger charge is -2.20. The molecule has 0 radical (unpaired) electrons. The second-order valence-electron chi connectivity index (χ2n) is 4.17. The molecule has 3 nitrogen and oxygen atoms in total. The number of thiophene rings is 1. The van der Waals surface area contributed by atoms with Gasteiger partial charge in [-0.2, -0.15) is 0 Å². The quantitative estimate of drug-likeness (QED) is 0.594. The van der Waals surface area contributed by atoms with Crippen LogP contribution in [0.2, 0.25) is 0 Å². The van der Waals surface area contributed by atoms with Crippen molar-refractivity contribution < 1.29 is 9.90 Å². The maximum atomic E-state index is 11.3. The van der Waals surface area contributed by atoms with Crippen LogP contribution in [0.25, 0.3) is 16.2 Å². The molecule has 3 rings (SSSR count). The Hall–Kier alpha value is -1.52. The maximum Gasteiger partial charge on any atom is 0.131 e. The maximum absolute atomic E-state index is 11.3. The number of hydrogen-bond donors (Lipinski definition) is 0. The summed E-state index contributed by atoms with van der Waals surface area (Å²) in [7, 11) is 1.82. The van der Waals surface area contributed by atoms with Crippen LogP contribution in [0.4, 0.5) is 0 Å². The van der Waals surface area contributed by atoms with Crippen LogP contribution in [0.5, 0.6) is 0 Å². The van der Waals surface area contributed by atoms with E-state index in [1.165, 1.54) is 11.3 Å². The lowest BCUT2D eigenvalue weighted by atomic mass is 10.1. The highest BCUT2D eigenvalue weighted by atomic mass is 35.5. The fourth-order valence-corrected chi connectivity index (χ4v) is 3.65. The number of aromatic carboxylic acids is 1. The van der Waals surface area contributed by atoms with Gasteiger partial charge in [-0.1, -0.05) is 23.7 Å². The zero-order chi connectivity index (χ0) is 12.9. The fraction of sp³-hybridized carbons (Fsp3) is 0.154. The fourth-order valence-electron chi connectivity index (χ4n) is 2.19. The zero-order valence-corrected chi connectivity index (χ0v) is 11.1. The monoisotopic (exact) mass is 278 g/mol. The van der Waals surface area contributed by atoms with Gasteiger partial charge in [0.25, 0.3) is 0 Å². The molecule has 0 amide bonds. The first-order valence-corrected chi connectivity index (χ1v) is 6.66. The van der Waals surface area contributed by atoms with E-state index in [0.29, 0.717) is 5.56 Å². The minimum Gasteiger partial charge on any atom is -0.544 e. The molecule has 2 aromatic rings. The van der Waals surface area contributed by atoms with Gasteiger partial charge in [0.05, 0.1) is 10.8 Å². The smallest absolute Gasteiger partial charge is 0.131 e. The summed E-state index contributed by atoms with van der Waals surface area (Å²) in [5, 5.41) is 12.2. The van der Waals surface area contributed by atoms with Gasteiger partial charge < -0.3 is 14.8 Å². The Kier molecular flexibility index (Phi) is 2.57. The van der Waals surface area contributed by atoms with Crippen molar-refractivity contribution in [2.45, 2.75) is 5.50 Å². The predicted octanol–water partition coefficient (Wildman–Crippen LogP) is 2.42. The Bertz CT molecular complexity index is 677. The van der Waals surface area contributed by atoms with E-state index in [2.05, 4.69) is 0 Å². The number of carboxylic acids is 1. The molecule has 18 heavy (non-hydrogen) atoms. The van der Waals surface area contributed by atoms with E-state index in [4.69, 9.17) is 11.6 Å². The zero-order valence-electron chi connectivity index (χ0n) is 9.51. The third kappa shape index (κ3) is 1.53. The first kappa shape index (κ1) is 11.6. The number of carboxylic acid groups (broad SMARTS) is 1. The molecule has 0 aliphatic carbocycles. The molecule has 1 atom stereocenters. The van der Waals surface area contributed by atoms with E-state index in [9.17, 15) is 9.90 Å². The number of hydrogen-bond acceptors (Lipinski definition) is 4. The summed E-state index contributed by atoms with van der Waals surface area (Å²) in [6.45, 7) is 0. The molecule has 0 saturated heterocycles. The Labute approximate surface area is 113 Å². The van der Waals surface area contributed by atoms with E-state index in [0.717, 1.165) is 15.6 Å². The van der Waals surface area contributed by atoms with Crippen molar-refractivity contribution in [1.82, 2.24) is 4.90 Å². The highest BCUT2D eigenvalue weighted by Crippen LogP contribution is 2.42. The topological polar surface area (TPSA) is 43.4 Å². The van der Waals surface area contributed by atoms with Gasteiger partial charge in [-0.05, 0) is 17.7 Å². The second kappa shape index (κ2) is 4.00. The molecule has 0 fully saturated rings. The molecule has 2 heterocycles. The van der Waals surface area contributed by atoms with E-state index in [-0.39, 0.29) is 4.88 Å². The van der Waals surface area contributed by atoms with Gasteiger partial charge in [0.15, 0.2) is 0 Å². The lowest BCUT2D eigenvalue weighted by molar-refractivity contribution is -0.254. The van der Waals surface area contributed by atoms with Gasteiger partial charge in [0.1, 0.15) is 5.50 Å². The van der Waals surface area contributed by atoms with E-state index in [1.807, 2.05) is 37.5 Å². The van der Waals surface area contributed by atoms with Crippen LogP contribution in [0, 0.1) is 0 Å². The molecule has 1 aromatic heterocycles. The number of nitrogens with zero attached hydrogens (tertiary/aromatic N) is 1. The van der Waals surface area contributed by atoms with Crippen molar-refractivity contribution in [3.05, 3.63) is 40.4 Å². The number of benzene rings is 1. The predicted molar refractivity (Wildman–Crippen MR) is 71.5 cm³/mol. The summed E-state index contributed by atoms with van der Waals surface area (Å²) < 4.78 is 0.923. The molecule has 1 unspecified atom stereocenters. The Morgan fingerprint density at radius 2 is 2.28 bits per heavy atom. The van der Waals surface area contributed by atoms with Gasteiger partial charge in [-0.3, -0.25) is 0 Å². The molecule has 1 aliphatic heterocycles. The molecule has 0 spiro atoms. The summed E-state index contributed by atoms with van der Waals surface area (Å²) in [6.07, 6.45) is 3.80. The highest BCUT2D eigenvalue weighted by molar-refractivity contribution is 7.21. The summed E-state index contributed by atoms with van der Waals surface area (Å²) in [4.78, 5) is 13.3. The lowest BCUT2D eigenvalue weighted by Crippen LogP contribution is -2.24. The Morgan fingerprint density at radius 1 is 1.50 bits per heavy atom. The molecule has 5 heteroatoms. The Morgan fingerprint density at radius 3 is 3.00 bits per heavy atom. The molecule has 0 saturated carbocycles. The number of alkyl halides is 1. The SMILES string of the molecule is CN1C=Cc2cccc3sc(C(=O)[O-])c(c23)C1Cl. The standard InChI is InChI=1S/C13H10ClNO2S/c1-15-6-5-7-3-2-4-8-9(7)10(12(15)14)11(18-8)13(16)17/h2-6,12H,1H3,(H,16,17)/p-1. The van der Waals surface area contributed by atoms with Crippen molar-refractivity contribution in [2.75, 3.05) is 7.05 Å². The van der Waals surface area contributed by atoms with Gasteiger partial charge in [-0.15, -0.1) is 11.3 Å². The number of halogens is 1. The summed E-state index contributed by atoms with van der Waals surface area (Å²) >= 11 is 7.57. The third-order valence-electron chi connectivity index (χ3n) is 3.05. The van der Waals surface area contributed by atoms with Crippen LogP contribution in [0.15, 0.2) is 24.4 Å². The average molecular weight is 279 g/mol. The summed E-state index contributed by atoms with van der Waals surface area (Å²) in [6, 6.07) is 5.77. The first-order chi connectivity index (χ1) is 8.59. The van der Waals surface area contributed by atoms with E-state index >= 15 is 0 Å². The number of rotatable bonds is 1. The van der Waals surface area contributed by atoms with Crippen molar-refractivity contribution in [2.24, 2.45) is 0 Å². The summed E-state index contributed by atoms with van der Waals surface area (Å²) in [5.41, 5.74) is 1.13. The minimum atomic E-state index is -1.17. The number of carbonyl (C=O) groups excluding carboxylic acids is 1. The normalized spacial score (nSPS) is 18.1. The molecule has 1 aromatic carbocycles.